The fraction of sp³-hybridized carbons (Fsp3) is 0.409. The summed E-state index contributed by atoms with van der Waals surface area (Å²) in [7, 11) is -5.49. The molecule has 2 aromatic rings. The molecule has 1 aliphatic rings. The van der Waals surface area contributed by atoms with Crippen LogP contribution >= 0.6 is 0 Å². The van der Waals surface area contributed by atoms with Crippen molar-refractivity contribution >= 4 is 25.8 Å². The molecule has 1 N–H and O–H groups in total. The summed E-state index contributed by atoms with van der Waals surface area (Å²) in [6, 6.07) is 12.2. The Labute approximate surface area is 189 Å². The summed E-state index contributed by atoms with van der Waals surface area (Å²) in [5.74, 6) is -0.118. The number of methoxy groups -OCH3 is 1. The zero-order valence-electron chi connectivity index (χ0n) is 18.3. The molecular weight excluding hydrogens is 452 g/mol. The van der Waals surface area contributed by atoms with Gasteiger partial charge in [0.15, 0.2) is 9.84 Å². The first kappa shape index (κ1) is 24.2. The fourth-order valence-electron chi connectivity index (χ4n) is 3.69. The molecule has 1 saturated heterocycles. The van der Waals surface area contributed by atoms with Gasteiger partial charge in [-0.2, -0.15) is 4.31 Å². The maximum absolute atomic E-state index is 13.0. The van der Waals surface area contributed by atoms with Gasteiger partial charge in [-0.15, -0.1) is 0 Å². The van der Waals surface area contributed by atoms with Crippen LogP contribution in [0, 0.1) is 5.92 Å². The summed E-state index contributed by atoms with van der Waals surface area (Å²) < 4.78 is 55.7. The predicted molar refractivity (Wildman–Crippen MR) is 121 cm³/mol. The lowest BCUT2D eigenvalue weighted by atomic mass is 9.98. The quantitative estimate of drug-likeness (QED) is 0.652. The maximum Gasteiger partial charge on any atom is 0.243 e. The number of nitrogens with one attached hydrogen (secondary N) is 1. The van der Waals surface area contributed by atoms with Crippen molar-refractivity contribution in [3.8, 4) is 5.75 Å². The van der Waals surface area contributed by atoms with E-state index in [0.717, 1.165) is 11.8 Å². The van der Waals surface area contributed by atoms with Crippen molar-refractivity contribution in [1.29, 1.82) is 0 Å². The fourth-order valence-corrected chi connectivity index (χ4v) is 5.84. The third kappa shape index (κ3) is 5.48. The molecule has 0 saturated carbocycles. The van der Waals surface area contributed by atoms with Crippen molar-refractivity contribution in [3.05, 3.63) is 54.1 Å². The summed E-state index contributed by atoms with van der Waals surface area (Å²) in [4.78, 5) is 13.2. The third-order valence-corrected chi connectivity index (χ3v) is 8.63. The van der Waals surface area contributed by atoms with Crippen molar-refractivity contribution < 1.29 is 26.4 Å². The Morgan fingerprint density at radius 2 is 1.62 bits per heavy atom. The van der Waals surface area contributed by atoms with Gasteiger partial charge in [0, 0.05) is 19.3 Å². The van der Waals surface area contributed by atoms with Gasteiger partial charge in [-0.05, 0) is 61.7 Å². The smallest absolute Gasteiger partial charge is 0.243 e. The van der Waals surface area contributed by atoms with E-state index in [1.807, 2.05) is 6.92 Å². The largest absolute Gasteiger partial charge is 0.497 e. The molecule has 0 aromatic heterocycles. The van der Waals surface area contributed by atoms with Crippen LogP contribution in [0.5, 0.6) is 5.75 Å². The van der Waals surface area contributed by atoms with Crippen LogP contribution in [0.1, 0.15) is 31.4 Å². The minimum absolute atomic E-state index is 0.111. The number of carbonyl (C=O) groups is 1. The van der Waals surface area contributed by atoms with Crippen molar-refractivity contribution in [3.63, 3.8) is 0 Å². The van der Waals surface area contributed by atoms with Crippen LogP contribution < -0.4 is 10.1 Å². The Morgan fingerprint density at radius 3 is 2.19 bits per heavy atom. The predicted octanol–water partition coefficient (Wildman–Crippen LogP) is 2.38. The van der Waals surface area contributed by atoms with Gasteiger partial charge in [0.2, 0.25) is 15.9 Å². The van der Waals surface area contributed by atoms with Crippen molar-refractivity contribution in [2.24, 2.45) is 5.92 Å². The molecule has 10 heteroatoms. The topological polar surface area (TPSA) is 110 Å². The van der Waals surface area contributed by atoms with Crippen LogP contribution in [-0.2, 0) is 24.7 Å². The number of rotatable bonds is 7. The Hall–Kier alpha value is -2.43. The summed E-state index contributed by atoms with van der Waals surface area (Å²) in [6.07, 6.45) is 2.33. The normalized spacial score (nSPS) is 18.7. The van der Waals surface area contributed by atoms with Gasteiger partial charge in [0.25, 0.3) is 0 Å². The third-order valence-electron chi connectivity index (χ3n) is 5.62. The van der Waals surface area contributed by atoms with E-state index >= 15 is 0 Å². The molecule has 8 nitrogen and oxygen atoms in total. The molecule has 174 valence electrons. The summed E-state index contributed by atoms with van der Waals surface area (Å²) in [5.41, 5.74) is 0.768. The highest BCUT2D eigenvalue weighted by molar-refractivity contribution is 7.90. The van der Waals surface area contributed by atoms with E-state index in [2.05, 4.69) is 5.32 Å². The Bertz CT molecular complexity index is 1160. The number of sulfonamides is 1. The molecule has 0 aliphatic carbocycles. The molecule has 1 heterocycles. The maximum atomic E-state index is 13.0. The Balaban J connectivity index is 1.67. The number of sulfone groups is 1. The number of hydrogen-bond donors (Lipinski definition) is 1. The van der Waals surface area contributed by atoms with Crippen LogP contribution in [0.15, 0.2) is 58.3 Å². The van der Waals surface area contributed by atoms with Crippen molar-refractivity contribution in [2.75, 3.05) is 26.5 Å². The number of nitrogens with zero attached hydrogens (tertiary/aromatic N) is 1. The minimum atomic E-state index is -3.71. The van der Waals surface area contributed by atoms with Gasteiger partial charge in [-0.1, -0.05) is 12.1 Å². The summed E-state index contributed by atoms with van der Waals surface area (Å²) in [5, 5.41) is 2.92. The van der Waals surface area contributed by atoms with E-state index in [9.17, 15) is 21.6 Å². The van der Waals surface area contributed by atoms with Crippen LogP contribution in [0.25, 0.3) is 0 Å². The highest BCUT2D eigenvalue weighted by Crippen LogP contribution is 2.26. The van der Waals surface area contributed by atoms with E-state index in [-0.39, 0.29) is 28.3 Å². The van der Waals surface area contributed by atoms with Gasteiger partial charge in [0.1, 0.15) is 5.75 Å². The standard InChI is InChI=1S/C22H28N2O6S2/c1-16(17-6-10-20(11-7-17)31(3,26)27)23-22(25)18-5-4-14-24(15-18)32(28,29)21-12-8-19(30-2)9-13-21/h6-13,16,18H,4-5,14-15H2,1-3H3,(H,23,25)/t16-,18+/m0/s1. The zero-order chi connectivity index (χ0) is 23.5. The number of amides is 1. The molecule has 2 atom stereocenters. The molecule has 3 rings (SSSR count). The summed E-state index contributed by atoms with van der Waals surface area (Å²) in [6.45, 7) is 2.28. The number of hydrogen-bond acceptors (Lipinski definition) is 6. The second-order valence-corrected chi connectivity index (χ2v) is 11.9. The van der Waals surface area contributed by atoms with E-state index in [1.165, 1.54) is 35.7 Å². The number of piperidine rings is 1. The summed E-state index contributed by atoms with van der Waals surface area (Å²) >= 11 is 0. The molecular formula is C22H28N2O6S2. The number of carbonyl (C=O) groups excluding carboxylic acids is 1. The van der Waals surface area contributed by atoms with Crippen LogP contribution in [-0.4, -0.2) is 53.5 Å². The van der Waals surface area contributed by atoms with Gasteiger partial charge in [0.05, 0.1) is 28.9 Å². The second kappa shape index (κ2) is 9.60. The first-order chi connectivity index (χ1) is 15.0. The second-order valence-electron chi connectivity index (χ2n) is 7.95. The van der Waals surface area contributed by atoms with Crippen molar-refractivity contribution in [2.45, 2.75) is 35.6 Å². The molecule has 0 unspecified atom stereocenters. The lowest BCUT2D eigenvalue weighted by molar-refractivity contribution is -0.126. The van der Waals surface area contributed by atoms with Crippen molar-refractivity contribution in [1.82, 2.24) is 9.62 Å². The minimum Gasteiger partial charge on any atom is -0.497 e. The molecule has 1 fully saturated rings. The van der Waals surface area contributed by atoms with Gasteiger partial charge < -0.3 is 10.1 Å². The van der Waals surface area contributed by atoms with Gasteiger partial charge in [-0.25, -0.2) is 16.8 Å². The first-order valence-corrected chi connectivity index (χ1v) is 13.6. The van der Waals surface area contributed by atoms with Crippen LogP contribution in [0.2, 0.25) is 0 Å². The molecule has 32 heavy (non-hydrogen) atoms. The lowest BCUT2D eigenvalue weighted by Crippen LogP contribution is -2.45. The van der Waals surface area contributed by atoms with Gasteiger partial charge in [-0.3, -0.25) is 4.79 Å². The molecule has 0 radical (unpaired) electrons. The van der Waals surface area contributed by atoms with E-state index in [0.29, 0.717) is 25.1 Å². The lowest BCUT2D eigenvalue weighted by Gasteiger charge is -2.32. The average molecular weight is 481 g/mol. The monoisotopic (exact) mass is 480 g/mol. The highest BCUT2D eigenvalue weighted by atomic mass is 32.2. The molecule has 0 spiro atoms. The van der Waals surface area contributed by atoms with Crippen LogP contribution in [0.4, 0.5) is 0 Å². The number of ether oxygens (including phenoxy) is 1. The SMILES string of the molecule is COc1ccc(S(=O)(=O)N2CCC[C@@H](C(=O)N[C@@H](C)c3ccc(S(C)(=O)=O)cc3)C2)cc1. The number of benzene rings is 2. The Kier molecular flexibility index (Phi) is 7.26. The molecule has 2 aromatic carbocycles. The molecule has 0 bridgehead atoms. The average Bonchev–Trinajstić information content (AvgIpc) is 2.78. The highest BCUT2D eigenvalue weighted by Gasteiger charge is 2.33. The zero-order valence-corrected chi connectivity index (χ0v) is 19.9. The Morgan fingerprint density at radius 1 is 1.03 bits per heavy atom. The van der Waals surface area contributed by atoms with E-state index < -0.39 is 25.8 Å². The molecule has 1 amide bonds. The van der Waals surface area contributed by atoms with Gasteiger partial charge >= 0.3 is 0 Å². The molecule has 1 aliphatic heterocycles. The first-order valence-electron chi connectivity index (χ1n) is 10.3. The van der Waals surface area contributed by atoms with E-state index in [1.54, 1.807) is 24.3 Å². The van der Waals surface area contributed by atoms with E-state index in [4.69, 9.17) is 4.74 Å². The van der Waals surface area contributed by atoms with Crippen LogP contribution in [0.3, 0.4) is 0 Å².